The molecule has 0 atom stereocenters. The van der Waals surface area contributed by atoms with Gasteiger partial charge in [-0.3, -0.25) is 8.97 Å². The first-order chi connectivity index (χ1) is 15.7. The summed E-state index contributed by atoms with van der Waals surface area (Å²) >= 11 is 6.32. The average molecular weight is 487 g/mol. The van der Waals surface area contributed by atoms with Gasteiger partial charge >= 0.3 is 5.69 Å². The van der Waals surface area contributed by atoms with E-state index in [1.165, 1.54) is 27.3 Å². The fourth-order valence-electron chi connectivity index (χ4n) is 3.90. The monoisotopic (exact) mass is 486 g/mol. The first-order valence-electron chi connectivity index (χ1n) is 10.5. The number of benzene rings is 1. The standard InChI is InChI=1S/C23H20ClFN4O3S/c1-3-33(31,32)19-10-17(14-4-6-15(25)7-5-14)13(2)26-22(19)18-12-28-21(27-18)11-20(24)29(23(28)30)16-8-9-16/h4-7,10-12,16H,3,8-9H2,1-2H3. The quantitative estimate of drug-likeness (QED) is 0.389. The van der Waals surface area contributed by atoms with Gasteiger partial charge in [0.2, 0.25) is 0 Å². The van der Waals surface area contributed by atoms with E-state index < -0.39 is 9.84 Å². The van der Waals surface area contributed by atoms with Crippen LogP contribution in [-0.2, 0) is 9.84 Å². The van der Waals surface area contributed by atoms with Crippen LogP contribution in [0, 0.1) is 12.7 Å². The van der Waals surface area contributed by atoms with E-state index in [9.17, 15) is 17.6 Å². The van der Waals surface area contributed by atoms with Gasteiger partial charge in [-0.15, -0.1) is 0 Å². The molecule has 5 rings (SSSR count). The Hall–Kier alpha value is -3.04. The summed E-state index contributed by atoms with van der Waals surface area (Å²) in [6, 6.07) is 9.00. The third kappa shape index (κ3) is 3.75. The number of aryl methyl sites for hydroxylation is 1. The highest BCUT2D eigenvalue weighted by Crippen LogP contribution is 2.36. The number of pyridine rings is 1. The predicted octanol–water partition coefficient (Wildman–Crippen LogP) is 4.45. The van der Waals surface area contributed by atoms with Crippen molar-refractivity contribution in [3.05, 3.63) is 69.7 Å². The van der Waals surface area contributed by atoms with Gasteiger partial charge in [0.15, 0.2) is 9.84 Å². The molecule has 1 aliphatic carbocycles. The Bertz CT molecular complexity index is 1570. The number of halogens is 2. The lowest BCUT2D eigenvalue weighted by Gasteiger charge is -2.13. The molecule has 0 amide bonds. The van der Waals surface area contributed by atoms with Gasteiger partial charge in [-0.1, -0.05) is 30.7 Å². The van der Waals surface area contributed by atoms with Crippen molar-refractivity contribution in [1.82, 2.24) is 18.9 Å². The highest BCUT2D eigenvalue weighted by Gasteiger charge is 2.29. The number of hydrogen-bond donors (Lipinski definition) is 0. The fourth-order valence-corrected chi connectivity index (χ4v) is 5.26. The van der Waals surface area contributed by atoms with Crippen molar-refractivity contribution in [2.75, 3.05) is 5.75 Å². The number of hydrogen-bond acceptors (Lipinski definition) is 5. The Kier molecular flexibility index (Phi) is 5.13. The molecule has 0 N–H and O–H groups in total. The van der Waals surface area contributed by atoms with Crippen LogP contribution in [0.1, 0.15) is 31.5 Å². The Morgan fingerprint density at radius 1 is 1.15 bits per heavy atom. The van der Waals surface area contributed by atoms with Gasteiger partial charge in [-0.2, -0.15) is 0 Å². The van der Waals surface area contributed by atoms with E-state index in [4.69, 9.17) is 11.6 Å². The third-order valence-electron chi connectivity index (χ3n) is 5.83. The van der Waals surface area contributed by atoms with E-state index in [1.54, 1.807) is 38.1 Å². The SMILES string of the molecule is CCS(=O)(=O)c1cc(-c2ccc(F)cc2)c(C)nc1-c1cn2c(=O)n(C3CC3)c(Cl)cc2n1. The molecule has 1 fully saturated rings. The van der Waals surface area contributed by atoms with Gasteiger partial charge in [0.05, 0.1) is 10.6 Å². The van der Waals surface area contributed by atoms with Crippen LogP contribution >= 0.6 is 11.6 Å². The molecule has 4 aromatic rings. The summed E-state index contributed by atoms with van der Waals surface area (Å²) in [6.45, 7) is 3.30. The van der Waals surface area contributed by atoms with Gasteiger partial charge < -0.3 is 0 Å². The predicted molar refractivity (Wildman–Crippen MR) is 124 cm³/mol. The fraction of sp³-hybridized carbons (Fsp3) is 0.261. The maximum absolute atomic E-state index is 13.4. The summed E-state index contributed by atoms with van der Waals surface area (Å²) in [5.41, 5.74) is 2.20. The van der Waals surface area contributed by atoms with Crippen LogP contribution in [0.15, 0.2) is 52.3 Å². The van der Waals surface area contributed by atoms with E-state index >= 15 is 0 Å². The second kappa shape index (κ2) is 7.78. The zero-order valence-corrected chi connectivity index (χ0v) is 19.5. The van der Waals surface area contributed by atoms with Crippen LogP contribution in [0.5, 0.6) is 0 Å². The molecule has 170 valence electrons. The van der Waals surface area contributed by atoms with Crippen molar-refractivity contribution in [2.45, 2.75) is 37.6 Å². The summed E-state index contributed by atoms with van der Waals surface area (Å²) in [6.07, 6.45) is 3.27. The van der Waals surface area contributed by atoms with Crippen molar-refractivity contribution in [3.63, 3.8) is 0 Å². The van der Waals surface area contributed by atoms with Crippen molar-refractivity contribution < 1.29 is 12.8 Å². The molecule has 10 heteroatoms. The Morgan fingerprint density at radius 2 is 1.85 bits per heavy atom. The van der Waals surface area contributed by atoms with Crippen molar-refractivity contribution >= 4 is 27.1 Å². The number of aromatic nitrogens is 4. The van der Waals surface area contributed by atoms with Crippen LogP contribution in [0.4, 0.5) is 4.39 Å². The minimum absolute atomic E-state index is 0.00643. The van der Waals surface area contributed by atoms with Crippen molar-refractivity contribution in [3.8, 4) is 22.5 Å². The van der Waals surface area contributed by atoms with Crippen LogP contribution in [0.3, 0.4) is 0 Å². The number of imidazole rings is 1. The number of sulfone groups is 1. The molecular formula is C23H20ClFN4O3S. The first-order valence-corrected chi connectivity index (χ1v) is 12.5. The van der Waals surface area contributed by atoms with Crippen molar-refractivity contribution in [2.24, 2.45) is 0 Å². The molecule has 0 spiro atoms. The van der Waals surface area contributed by atoms with Gasteiger partial charge in [0.1, 0.15) is 28.0 Å². The molecule has 7 nitrogen and oxygen atoms in total. The molecule has 0 aliphatic heterocycles. The second-order valence-electron chi connectivity index (χ2n) is 8.08. The van der Waals surface area contributed by atoms with Gasteiger partial charge in [0, 0.05) is 29.6 Å². The number of rotatable bonds is 5. The molecule has 0 saturated heterocycles. The smallest absolute Gasteiger partial charge is 0.280 e. The van der Waals surface area contributed by atoms with Gasteiger partial charge in [-0.25, -0.2) is 27.6 Å². The lowest BCUT2D eigenvalue weighted by Crippen LogP contribution is -2.25. The molecule has 0 radical (unpaired) electrons. The van der Waals surface area contributed by atoms with E-state index in [1.807, 2.05) is 0 Å². The topological polar surface area (TPSA) is 86.3 Å². The Labute approximate surface area is 194 Å². The van der Waals surface area contributed by atoms with E-state index in [0.29, 0.717) is 27.6 Å². The average Bonchev–Trinajstić information content (AvgIpc) is 3.52. The Balaban J connectivity index is 1.74. The second-order valence-corrected chi connectivity index (χ2v) is 10.7. The summed E-state index contributed by atoms with van der Waals surface area (Å²) in [5, 5.41) is 0.296. The molecule has 1 aliphatic rings. The zero-order valence-electron chi connectivity index (χ0n) is 17.9. The normalized spacial score (nSPS) is 14.2. The molecule has 3 aromatic heterocycles. The highest BCUT2D eigenvalue weighted by atomic mass is 35.5. The molecule has 3 heterocycles. The molecular weight excluding hydrogens is 467 g/mol. The largest absolute Gasteiger partial charge is 0.335 e. The van der Waals surface area contributed by atoms with Crippen molar-refractivity contribution in [1.29, 1.82) is 0 Å². The summed E-state index contributed by atoms with van der Waals surface area (Å²) in [7, 11) is -3.69. The van der Waals surface area contributed by atoms with E-state index in [0.717, 1.165) is 12.8 Å². The highest BCUT2D eigenvalue weighted by molar-refractivity contribution is 7.91. The molecule has 1 saturated carbocycles. The lowest BCUT2D eigenvalue weighted by atomic mass is 10.0. The lowest BCUT2D eigenvalue weighted by molar-refractivity contribution is 0.597. The molecule has 0 unspecified atom stereocenters. The maximum Gasteiger partial charge on any atom is 0.335 e. The summed E-state index contributed by atoms with van der Waals surface area (Å²) in [5.74, 6) is -0.524. The Morgan fingerprint density at radius 3 is 2.48 bits per heavy atom. The minimum atomic E-state index is -3.69. The molecule has 1 aromatic carbocycles. The van der Waals surface area contributed by atoms with Crippen LogP contribution in [0.25, 0.3) is 28.2 Å². The third-order valence-corrected chi connectivity index (χ3v) is 7.86. The molecule has 0 bridgehead atoms. The van der Waals surface area contributed by atoms with Crippen LogP contribution in [0.2, 0.25) is 5.15 Å². The molecule has 33 heavy (non-hydrogen) atoms. The summed E-state index contributed by atoms with van der Waals surface area (Å²) < 4.78 is 42.3. The van der Waals surface area contributed by atoms with E-state index in [2.05, 4.69) is 9.97 Å². The zero-order chi connectivity index (χ0) is 23.5. The minimum Gasteiger partial charge on any atom is -0.280 e. The van der Waals surface area contributed by atoms with E-state index in [-0.39, 0.29) is 39.6 Å². The maximum atomic E-state index is 13.4. The van der Waals surface area contributed by atoms with Crippen LogP contribution < -0.4 is 5.69 Å². The number of fused-ring (bicyclic) bond motifs is 1. The van der Waals surface area contributed by atoms with Gasteiger partial charge in [0.25, 0.3) is 0 Å². The first kappa shape index (κ1) is 21.8. The van der Waals surface area contributed by atoms with Gasteiger partial charge in [-0.05, 0) is 43.5 Å². The summed E-state index contributed by atoms with van der Waals surface area (Å²) in [4.78, 5) is 22.0. The van der Waals surface area contributed by atoms with Crippen LogP contribution in [-0.4, -0.2) is 33.1 Å². The number of nitrogens with zero attached hydrogens (tertiary/aromatic N) is 4.